The van der Waals surface area contributed by atoms with Crippen molar-refractivity contribution in [3.05, 3.63) is 23.8 Å². The van der Waals surface area contributed by atoms with Crippen LogP contribution >= 0.6 is 0 Å². The number of carbonyl (C=O) groups excluding carboxylic acids is 1. The van der Waals surface area contributed by atoms with Crippen molar-refractivity contribution in [2.24, 2.45) is 11.8 Å². The van der Waals surface area contributed by atoms with Crippen LogP contribution in [0.25, 0.3) is 0 Å². The number of carbonyl (C=O) groups is 1. The standard InChI is InChI=1S/C14H21N3O/c1-9-3-10(2)8-17(7-9)14(18)11-4-12(15)6-13(16)5-11/h4-6,9-10H,3,7-8,15-16H2,1-2H3/t9-,10-/m0/s1. The molecule has 1 aromatic rings. The Labute approximate surface area is 108 Å². The molecule has 2 rings (SSSR count). The van der Waals surface area contributed by atoms with Crippen molar-refractivity contribution in [3.8, 4) is 0 Å². The predicted octanol–water partition coefficient (Wildman–Crippen LogP) is 1.97. The van der Waals surface area contributed by atoms with Crippen molar-refractivity contribution in [2.45, 2.75) is 20.3 Å². The van der Waals surface area contributed by atoms with E-state index in [1.165, 1.54) is 6.42 Å². The van der Waals surface area contributed by atoms with Gasteiger partial charge in [-0.3, -0.25) is 4.79 Å². The van der Waals surface area contributed by atoms with Crippen LogP contribution in [-0.4, -0.2) is 23.9 Å². The fraction of sp³-hybridized carbons (Fsp3) is 0.500. The molecule has 1 aliphatic heterocycles. The molecule has 1 amide bonds. The molecule has 1 aliphatic rings. The van der Waals surface area contributed by atoms with E-state index in [-0.39, 0.29) is 5.91 Å². The van der Waals surface area contributed by atoms with Gasteiger partial charge in [-0.25, -0.2) is 0 Å². The van der Waals surface area contributed by atoms with E-state index in [1.54, 1.807) is 18.2 Å². The maximum absolute atomic E-state index is 12.4. The number of amides is 1. The Morgan fingerprint density at radius 2 is 1.61 bits per heavy atom. The Morgan fingerprint density at radius 3 is 2.11 bits per heavy atom. The molecular formula is C14H21N3O. The second kappa shape index (κ2) is 4.88. The highest BCUT2D eigenvalue weighted by Crippen LogP contribution is 2.23. The lowest BCUT2D eigenvalue weighted by molar-refractivity contribution is 0.0623. The Hall–Kier alpha value is -1.71. The summed E-state index contributed by atoms with van der Waals surface area (Å²) in [7, 11) is 0. The first-order valence-electron chi connectivity index (χ1n) is 6.41. The maximum atomic E-state index is 12.4. The van der Waals surface area contributed by atoms with Crippen LogP contribution in [0.15, 0.2) is 18.2 Å². The average molecular weight is 247 g/mol. The molecule has 0 saturated carbocycles. The van der Waals surface area contributed by atoms with E-state index in [2.05, 4.69) is 13.8 Å². The highest BCUT2D eigenvalue weighted by molar-refractivity contribution is 5.96. The lowest BCUT2D eigenvalue weighted by atomic mass is 9.91. The molecule has 0 unspecified atom stereocenters. The zero-order chi connectivity index (χ0) is 13.3. The fourth-order valence-electron chi connectivity index (χ4n) is 2.81. The second-order valence-corrected chi connectivity index (χ2v) is 5.54. The molecule has 4 nitrogen and oxygen atoms in total. The summed E-state index contributed by atoms with van der Waals surface area (Å²) in [6.07, 6.45) is 1.18. The van der Waals surface area contributed by atoms with E-state index >= 15 is 0 Å². The average Bonchev–Trinajstić information content (AvgIpc) is 2.25. The third kappa shape index (κ3) is 2.75. The number of nitrogens with zero attached hydrogens (tertiary/aromatic N) is 1. The number of likely N-dealkylation sites (tertiary alicyclic amines) is 1. The first kappa shape index (κ1) is 12.7. The molecule has 0 radical (unpaired) electrons. The lowest BCUT2D eigenvalue weighted by Gasteiger charge is -2.35. The van der Waals surface area contributed by atoms with Gasteiger partial charge in [0.05, 0.1) is 0 Å². The van der Waals surface area contributed by atoms with Gasteiger partial charge in [-0.15, -0.1) is 0 Å². The molecule has 18 heavy (non-hydrogen) atoms. The molecule has 0 spiro atoms. The van der Waals surface area contributed by atoms with E-state index < -0.39 is 0 Å². The minimum absolute atomic E-state index is 0.0346. The third-order valence-electron chi connectivity index (χ3n) is 3.38. The molecular weight excluding hydrogens is 226 g/mol. The number of nitrogens with two attached hydrogens (primary N) is 2. The van der Waals surface area contributed by atoms with Crippen LogP contribution in [0.1, 0.15) is 30.6 Å². The van der Waals surface area contributed by atoms with Crippen molar-refractivity contribution in [2.75, 3.05) is 24.6 Å². The van der Waals surface area contributed by atoms with Crippen molar-refractivity contribution >= 4 is 17.3 Å². The van der Waals surface area contributed by atoms with Gasteiger partial charge in [-0.05, 0) is 36.5 Å². The number of hydrogen-bond donors (Lipinski definition) is 2. The number of piperidine rings is 1. The van der Waals surface area contributed by atoms with Crippen molar-refractivity contribution in [1.29, 1.82) is 0 Å². The maximum Gasteiger partial charge on any atom is 0.254 e. The highest BCUT2D eigenvalue weighted by atomic mass is 16.2. The summed E-state index contributed by atoms with van der Waals surface area (Å²) in [5, 5.41) is 0. The molecule has 2 atom stereocenters. The fourth-order valence-corrected chi connectivity index (χ4v) is 2.81. The number of benzene rings is 1. The molecule has 0 bridgehead atoms. The molecule has 1 fully saturated rings. The summed E-state index contributed by atoms with van der Waals surface area (Å²) >= 11 is 0. The van der Waals surface area contributed by atoms with Crippen LogP contribution in [0.3, 0.4) is 0 Å². The summed E-state index contributed by atoms with van der Waals surface area (Å²) in [5.41, 5.74) is 13.1. The normalized spacial score (nSPS) is 24.0. The van der Waals surface area contributed by atoms with Crippen LogP contribution in [-0.2, 0) is 0 Å². The van der Waals surface area contributed by atoms with Gasteiger partial charge in [-0.1, -0.05) is 13.8 Å². The third-order valence-corrected chi connectivity index (χ3v) is 3.38. The molecule has 4 N–H and O–H groups in total. The number of rotatable bonds is 1. The molecule has 98 valence electrons. The van der Waals surface area contributed by atoms with Gasteiger partial charge >= 0.3 is 0 Å². The van der Waals surface area contributed by atoms with Crippen LogP contribution < -0.4 is 11.5 Å². The zero-order valence-electron chi connectivity index (χ0n) is 11.0. The number of nitrogen functional groups attached to an aromatic ring is 2. The summed E-state index contributed by atoms with van der Waals surface area (Å²) < 4.78 is 0. The zero-order valence-corrected chi connectivity index (χ0v) is 11.0. The summed E-state index contributed by atoms with van der Waals surface area (Å²) in [6, 6.07) is 5.06. The minimum atomic E-state index is 0.0346. The molecule has 1 aromatic carbocycles. The summed E-state index contributed by atoms with van der Waals surface area (Å²) in [6.45, 7) is 6.00. The number of hydrogen-bond acceptors (Lipinski definition) is 3. The topological polar surface area (TPSA) is 72.3 Å². The summed E-state index contributed by atoms with van der Waals surface area (Å²) in [4.78, 5) is 14.3. The molecule has 1 heterocycles. The first-order valence-corrected chi connectivity index (χ1v) is 6.41. The van der Waals surface area contributed by atoms with Gasteiger partial charge in [-0.2, -0.15) is 0 Å². The minimum Gasteiger partial charge on any atom is -0.399 e. The van der Waals surface area contributed by atoms with E-state index in [0.29, 0.717) is 28.8 Å². The van der Waals surface area contributed by atoms with E-state index in [9.17, 15) is 4.79 Å². The van der Waals surface area contributed by atoms with Gasteiger partial charge in [0.2, 0.25) is 0 Å². The predicted molar refractivity (Wildman–Crippen MR) is 74.1 cm³/mol. The molecule has 4 heteroatoms. The van der Waals surface area contributed by atoms with Gasteiger partial charge in [0.15, 0.2) is 0 Å². The first-order chi connectivity index (χ1) is 8.45. The van der Waals surface area contributed by atoms with Crippen molar-refractivity contribution < 1.29 is 4.79 Å². The van der Waals surface area contributed by atoms with Crippen LogP contribution in [0.5, 0.6) is 0 Å². The Morgan fingerprint density at radius 1 is 1.11 bits per heavy atom. The number of anilines is 2. The quantitative estimate of drug-likeness (QED) is 0.745. The highest BCUT2D eigenvalue weighted by Gasteiger charge is 2.26. The van der Waals surface area contributed by atoms with Crippen LogP contribution in [0.4, 0.5) is 11.4 Å². The SMILES string of the molecule is C[C@H]1C[C@H](C)CN(C(=O)c2cc(N)cc(N)c2)C1. The smallest absolute Gasteiger partial charge is 0.254 e. The van der Waals surface area contributed by atoms with Gasteiger partial charge < -0.3 is 16.4 Å². The Bertz CT molecular complexity index is 428. The monoisotopic (exact) mass is 247 g/mol. The molecule has 0 aliphatic carbocycles. The van der Waals surface area contributed by atoms with Crippen LogP contribution in [0, 0.1) is 11.8 Å². The van der Waals surface area contributed by atoms with Crippen molar-refractivity contribution in [3.63, 3.8) is 0 Å². The summed E-state index contributed by atoms with van der Waals surface area (Å²) in [5.74, 6) is 1.14. The van der Waals surface area contributed by atoms with Gasteiger partial charge in [0, 0.05) is 30.0 Å². The molecule has 0 aromatic heterocycles. The van der Waals surface area contributed by atoms with Gasteiger partial charge in [0.25, 0.3) is 5.91 Å². The Balaban J connectivity index is 2.20. The second-order valence-electron chi connectivity index (χ2n) is 5.54. The van der Waals surface area contributed by atoms with Gasteiger partial charge in [0.1, 0.15) is 0 Å². The van der Waals surface area contributed by atoms with Crippen molar-refractivity contribution in [1.82, 2.24) is 4.90 Å². The van der Waals surface area contributed by atoms with E-state index in [1.807, 2.05) is 4.90 Å². The largest absolute Gasteiger partial charge is 0.399 e. The Kier molecular flexibility index (Phi) is 3.45. The van der Waals surface area contributed by atoms with E-state index in [4.69, 9.17) is 11.5 Å². The lowest BCUT2D eigenvalue weighted by Crippen LogP contribution is -2.42. The van der Waals surface area contributed by atoms with Crippen LogP contribution in [0.2, 0.25) is 0 Å². The van der Waals surface area contributed by atoms with E-state index in [0.717, 1.165) is 13.1 Å². The molecule has 1 saturated heterocycles.